The largest absolute Gasteiger partial charge is 0.364 e. The highest BCUT2D eigenvalue weighted by Gasteiger charge is 2.21. The maximum Gasteiger partial charge on any atom is 0.348 e. The Morgan fingerprint density at radius 2 is 2.26 bits per heavy atom. The molecule has 6 nitrogen and oxygen atoms in total. The predicted octanol–water partition coefficient (Wildman–Crippen LogP) is 3.34. The highest BCUT2D eigenvalue weighted by Crippen LogP contribution is 2.28. The van der Waals surface area contributed by atoms with E-state index in [1.54, 1.807) is 0 Å². The third kappa shape index (κ3) is 3.64. The number of nitro groups is 1. The van der Waals surface area contributed by atoms with Crippen LogP contribution in [0, 0.1) is 10.1 Å². The number of anilines is 1. The quantitative estimate of drug-likeness (QED) is 0.388. The van der Waals surface area contributed by atoms with Gasteiger partial charge in [-0.15, -0.1) is 0 Å². The smallest absolute Gasteiger partial charge is 0.348 e. The monoisotopic (exact) mass is 282 g/mol. The van der Waals surface area contributed by atoms with Gasteiger partial charge in [0.15, 0.2) is 0 Å². The van der Waals surface area contributed by atoms with Crippen molar-refractivity contribution in [3.63, 3.8) is 0 Å². The Balaban J connectivity index is 1.97. The normalized spacial score (nSPS) is 14.9. The zero-order valence-electron chi connectivity index (χ0n) is 10.4. The van der Waals surface area contributed by atoms with E-state index in [0.717, 1.165) is 19.3 Å². The van der Waals surface area contributed by atoms with Gasteiger partial charge in [-0.3, -0.25) is 10.1 Å². The van der Waals surface area contributed by atoms with Crippen LogP contribution >= 0.6 is 11.6 Å². The van der Waals surface area contributed by atoms with E-state index in [9.17, 15) is 10.1 Å². The van der Waals surface area contributed by atoms with E-state index in [1.165, 1.54) is 24.7 Å². The molecule has 0 aromatic carbocycles. The Kier molecular flexibility index (Phi) is 4.68. The van der Waals surface area contributed by atoms with Gasteiger partial charge in [0.25, 0.3) is 0 Å². The van der Waals surface area contributed by atoms with Crippen molar-refractivity contribution < 1.29 is 4.92 Å². The summed E-state index contributed by atoms with van der Waals surface area (Å²) in [6.07, 6.45) is 9.08. The third-order valence-corrected chi connectivity index (χ3v) is 3.36. The molecule has 0 aliphatic heterocycles. The molecule has 0 fully saturated rings. The molecular formula is C12H15ClN4O2. The highest BCUT2D eigenvalue weighted by molar-refractivity contribution is 6.31. The van der Waals surface area contributed by atoms with Crippen LogP contribution < -0.4 is 5.32 Å². The van der Waals surface area contributed by atoms with E-state index in [1.807, 2.05) is 0 Å². The summed E-state index contributed by atoms with van der Waals surface area (Å²) >= 11 is 5.71. The second kappa shape index (κ2) is 6.47. The van der Waals surface area contributed by atoms with Crippen molar-refractivity contribution in [2.45, 2.75) is 32.1 Å². The zero-order chi connectivity index (χ0) is 13.7. The summed E-state index contributed by atoms with van der Waals surface area (Å²) in [4.78, 5) is 17.8. The van der Waals surface area contributed by atoms with Crippen LogP contribution in [0.2, 0.25) is 5.15 Å². The number of aromatic nitrogens is 2. The van der Waals surface area contributed by atoms with Gasteiger partial charge < -0.3 is 5.32 Å². The van der Waals surface area contributed by atoms with Crippen LogP contribution in [0.25, 0.3) is 0 Å². The maximum atomic E-state index is 10.9. The van der Waals surface area contributed by atoms with E-state index in [2.05, 4.69) is 21.4 Å². The Bertz CT molecular complexity index is 505. The van der Waals surface area contributed by atoms with Crippen molar-refractivity contribution in [1.29, 1.82) is 0 Å². The number of nitrogens with one attached hydrogen (secondary N) is 1. The van der Waals surface area contributed by atoms with E-state index < -0.39 is 4.92 Å². The average Bonchev–Trinajstić information content (AvgIpc) is 2.39. The van der Waals surface area contributed by atoms with Gasteiger partial charge in [0.05, 0.1) is 4.92 Å². The number of halogens is 1. The molecule has 1 aliphatic carbocycles. The molecule has 1 heterocycles. The summed E-state index contributed by atoms with van der Waals surface area (Å²) in [5.74, 6) is 0.182. The predicted molar refractivity (Wildman–Crippen MR) is 73.4 cm³/mol. The standard InChI is InChI=1S/C12H15ClN4O2/c13-11-10(17(18)19)12(16-8-15-11)14-7-6-9-4-2-1-3-5-9/h4,8H,1-3,5-7H2,(H,14,15,16). The van der Waals surface area contributed by atoms with E-state index in [0.29, 0.717) is 6.54 Å². The molecule has 0 bridgehead atoms. The van der Waals surface area contributed by atoms with Gasteiger partial charge in [0, 0.05) is 6.54 Å². The topological polar surface area (TPSA) is 81.0 Å². The van der Waals surface area contributed by atoms with Gasteiger partial charge in [0.2, 0.25) is 11.0 Å². The average molecular weight is 283 g/mol. The van der Waals surface area contributed by atoms with Crippen LogP contribution in [0.1, 0.15) is 32.1 Å². The van der Waals surface area contributed by atoms with Crippen molar-refractivity contribution in [2.24, 2.45) is 0 Å². The number of nitrogens with zero attached hydrogens (tertiary/aromatic N) is 3. The second-order valence-electron chi connectivity index (χ2n) is 4.40. The lowest BCUT2D eigenvalue weighted by molar-refractivity contribution is -0.384. The Morgan fingerprint density at radius 1 is 1.42 bits per heavy atom. The zero-order valence-corrected chi connectivity index (χ0v) is 11.2. The summed E-state index contributed by atoms with van der Waals surface area (Å²) in [6.45, 7) is 0.611. The van der Waals surface area contributed by atoms with E-state index in [4.69, 9.17) is 11.6 Å². The van der Waals surface area contributed by atoms with Crippen LogP contribution in [0.4, 0.5) is 11.5 Å². The molecule has 0 atom stereocenters. The van der Waals surface area contributed by atoms with E-state index >= 15 is 0 Å². The number of rotatable bonds is 5. The molecule has 1 aliphatic rings. The number of hydrogen-bond acceptors (Lipinski definition) is 5. The van der Waals surface area contributed by atoms with Crippen molar-refractivity contribution in [3.05, 3.63) is 33.2 Å². The second-order valence-corrected chi connectivity index (χ2v) is 4.76. The fourth-order valence-electron chi connectivity index (χ4n) is 2.12. The minimum absolute atomic E-state index is 0.139. The molecule has 2 rings (SSSR count). The Labute approximate surface area is 116 Å². The van der Waals surface area contributed by atoms with Gasteiger partial charge in [-0.1, -0.05) is 23.3 Å². The summed E-state index contributed by atoms with van der Waals surface area (Å²) in [6, 6.07) is 0. The Morgan fingerprint density at radius 3 is 2.95 bits per heavy atom. The van der Waals surface area contributed by atoms with Gasteiger partial charge in [0.1, 0.15) is 6.33 Å². The first-order valence-corrected chi connectivity index (χ1v) is 6.63. The van der Waals surface area contributed by atoms with Crippen molar-refractivity contribution in [3.8, 4) is 0 Å². The number of hydrogen-bond donors (Lipinski definition) is 1. The molecule has 1 aromatic rings. The van der Waals surface area contributed by atoms with Crippen LogP contribution in [0.3, 0.4) is 0 Å². The lowest BCUT2D eigenvalue weighted by atomic mass is 9.97. The fourth-order valence-corrected chi connectivity index (χ4v) is 2.32. The van der Waals surface area contributed by atoms with Gasteiger partial charge >= 0.3 is 5.69 Å². The molecule has 19 heavy (non-hydrogen) atoms. The summed E-state index contributed by atoms with van der Waals surface area (Å²) in [5, 5.41) is 13.7. The van der Waals surface area contributed by atoms with Crippen molar-refractivity contribution in [2.75, 3.05) is 11.9 Å². The lowest BCUT2D eigenvalue weighted by Gasteiger charge is -2.13. The minimum Gasteiger partial charge on any atom is -0.364 e. The summed E-state index contributed by atoms with van der Waals surface area (Å²) < 4.78 is 0. The summed E-state index contributed by atoms with van der Waals surface area (Å²) in [7, 11) is 0. The minimum atomic E-state index is -0.565. The van der Waals surface area contributed by atoms with Gasteiger partial charge in [-0.2, -0.15) is 0 Å². The van der Waals surface area contributed by atoms with E-state index in [-0.39, 0.29) is 16.7 Å². The first-order valence-electron chi connectivity index (χ1n) is 6.25. The third-order valence-electron chi connectivity index (χ3n) is 3.08. The van der Waals surface area contributed by atoms with Gasteiger partial charge in [-0.05, 0) is 32.1 Å². The van der Waals surface area contributed by atoms with Crippen LogP contribution in [0.15, 0.2) is 18.0 Å². The SMILES string of the molecule is O=[N+]([O-])c1c(Cl)ncnc1NCCC1=CCCCC1. The molecule has 0 amide bonds. The molecule has 1 N–H and O–H groups in total. The van der Waals surface area contributed by atoms with Crippen LogP contribution in [0.5, 0.6) is 0 Å². The summed E-state index contributed by atoms with van der Waals surface area (Å²) in [5.41, 5.74) is 1.14. The maximum absolute atomic E-state index is 10.9. The molecule has 1 aromatic heterocycles. The molecule has 0 saturated carbocycles. The molecule has 0 saturated heterocycles. The van der Waals surface area contributed by atoms with Crippen LogP contribution in [-0.4, -0.2) is 21.4 Å². The molecule has 0 spiro atoms. The van der Waals surface area contributed by atoms with Gasteiger partial charge in [-0.25, -0.2) is 9.97 Å². The fraction of sp³-hybridized carbons (Fsp3) is 0.500. The molecule has 0 radical (unpaired) electrons. The molecule has 7 heteroatoms. The first kappa shape index (κ1) is 13.7. The first-order chi connectivity index (χ1) is 9.18. The molecule has 0 unspecified atom stereocenters. The Hall–Kier alpha value is -1.69. The van der Waals surface area contributed by atoms with Crippen molar-refractivity contribution in [1.82, 2.24) is 9.97 Å². The molecule has 102 valence electrons. The number of allylic oxidation sites excluding steroid dienone is 1. The van der Waals surface area contributed by atoms with Crippen LogP contribution in [-0.2, 0) is 0 Å². The van der Waals surface area contributed by atoms with Crippen molar-refractivity contribution >= 4 is 23.1 Å². The highest BCUT2D eigenvalue weighted by atomic mass is 35.5. The molecular weight excluding hydrogens is 268 g/mol. The lowest BCUT2D eigenvalue weighted by Crippen LogP contribution is -2.08.